The number of ketones is 1. The first-order valence-corrected chi connectivity index (χ1v) is 14.5. The highest BCUT2D eigenvalue weighted by molar-refractivity contribution is 6.32. The molecule has 3 aromatic heterocycles. The zero-order valence-electron chi connectivity index (χ0n) is 25.1. The van der Waals surface area contributed by atoms with E-state index in [1.54, 1.807) is 36.7 Å². The van der Waals surface area contributed by atoms with Crippen LogP contribution in [0.2, 0.25) is 5.02 Å². The number of benzene rings is 1. The molecule has 0 fully saturated rings. The van der Waals surface area contributed by atoms with Gasteiger partial charge in [-0.3, -0.25) is 14.8 Å². The number of hydrogen-bond acceptors (Lipinski definition) is 11. The van der Waals surface area contributed by atoms with E-state index in [1.165, 1.54) is 12.4 Å². The van der Waals surface area contributed by atoms with Crippen LogP contribution in [0.4, 0.5) is 11.5 Å². The zero-order valence-corrected chi connectivity index (χ0v) is 25.8. The lowest BCUT2D eigenvalue weighted by Gasteiger charge is -2.28. The van der Waals surface area contributed by atoms with Crippen molar-refractivity contribution in [3.8, 4) is 11.8 Å². The Bertz CT molecular complexity index is 1940. The Kier molecular flexibility index (Phi) is 9.70. The van der Waals surface area contributed by atoms with Crippen molar-refractivity contribution in [2.24, 2.45) is 4.99 Å². The van der Waals surface area contributed by atoms with E-state index in [0.29, 0.717) is 62.0 Å². The van der Waals surface area contributed by atoms with Crippen molar-refractivity contribution in [3.05, 3.63) is 111 Å². The van der Waals surface area contributed by atoms with Crippen molar-refractivity contribution >= 4 is 45.5 Å². The van der Waals surface area contributed by atoms with E-state index in [0.717, 1.165) is 5.69 Å². The number of quaternary nitrogens is 1. The fourth-order valence-corrected chi connectivity index (χ4v) is 5.08. The van der Waals surface area contributed by atoms with E-state index in [2.05, 4.69) is 30.2 Å². The summed E-state index contributed by atoms with van der Waals surface area (Å²) in [6.07, 6.45) is 8.15. The number of carbonyl (C=O) groups is 1. The van der Waals surface area contributed by atoms with Gasteiger partial charge in [-0.1, -0.05) is 17.7 Å². The molecular formula is C32H29ClN9O4+. The van der Waals surface area contributed by atoms with Crippen molar-refractivity contribution < 1.29 is 18.9 Å². The number of pyridine rings is 2. The number of halogens is 1. The molecule has 0 aliphatic carbocycles. The smallest absolute Gasteiger partial charge is 0.369 e. The third-order valence-electron chi connectivity index (χ3n) is 6.99. The molecule has 0 saturated carbocycles. The van der Waals surface area contributed by atoms with Crippen molar-refractivity contribution in [2.75, 3.05) is 32.5 Å². The van der Waals surface area contributed by atoms with Crippen LogP contribution in [-0.2, 0) is 17.8 Å². The monoisotopic (exact) mass is 638 g/mol. The van der Waals surface area contributed by atoms with Gasteiger partial charge in [-0.25, -0.2) is 9.97 Å². The maximum atomic E-state index is 12.8. The number of allylic oxidation sites excluding steroid dienone is 1. The zero-order chi connectivity index (χ0) is 32.7. The fourth-order valence-electron chi connectivity index (χ4n) is 4.84. The van der Waals surface area contributed by atoms with Crippen molar-refractivity contribution in [1.29, 1.82) is 5.26 Å². The fraction of sp³-hybridized carbons (Fsp3) is 0.219. The first-order valence-electron chi connectivity index (χ1n) is 14.1. The maximum absolute atomic E-state index is 12.8. The second kappa shape index (κ2) is 14.0. The Labute approximate surface area is 269 Å². The Morgan fingerprint density at radius 1 is 1.17 bits per heavy atom. The van der Waals surface area contributed by atoms with E-state index in [1.807, 2.05) is 44.4 Å². The predicted octanol–water partition coefficient (Wildman–Crippen LogP) is 5.00. The quantitative estimate of drug-likeness (QED) is 0.0910. The molecule has 0 radical (unpaired) electrons. The van der Waals surface area contributed by atoms with Gasteiger partial charge in [-0.05, 0) is 58.5 Å². The maximum Gasteiger partial charge on any atom is 0.369 e. The molecule has 4 heterocycles. The number of rotatable bonds is 13. The third kappa shape index (κ3) is 8.12. The minimum atomic E-state index is -0.562. The normalized spacial score (nSPS) is 13.1. The van der Waals surface area contributed by atoms with Crippen LogP contribution in [-0.4, -0.2) is 68.0 Å². The minimum Gasteiger partial charge on any atom is -0.486 e. The highest BCUT2D eigenvalue weighted by Gasteiger charge is 2.33. The molecule has 0 spiro atoms. The van der Waals surface area contributed by atoms with Crippen LogP contribution in [0.15, 0.2) is 89.7 Å². The van der Waals surface area contributed by atoms with Gasteiger partial charge in [-0.15, -0.1) is 0 Å². The number of nitrogens with one attached hydrogen (secondary N) is 1. The van der Waals surface area contributed by atoms with Gasteiger partial charge in [0.15, 0.2) is 5.78 Å². The van der Waals surface area contributed by atoms with E-state index >= 15 is 0 Å². The van der Waals surface area contributed by atoms with Gasteiger partial charge in [0.1, 0.15) is 37.1 Å². The van der Waals surface area contributed by atoms with Crippen molar-refractivity contribution in [1.82, 2.24) is 19.9 Å². The number of likely N-dealkylation sites (N-methyl/N-ethyl adjacent to an activating group) is 1. The number of ether oxygens (including phenoxy) is 1. The number of aromatic nitrogens is 4. The molecule has 1 N–H and O–H groups in total. The molecule has 1 aliphatic heterocycles. The molecule has 14 heteroatoms. The molecule has 1 aliphatic rings. The molecule has 13 nitrogen and oxygen atoms in total. The van der Waals surface area contributed by atoms with Gasteiger partial charge >= 0.3 is 5.82 Å². The summed E-state index contributed by atoms with van der Waals surface area (Å²) in [6, 6.07) is 14.6. The molecule has 0 saturated heterocycles. The van der Waals surface area contributed by atoms with Crippen LogP contribution in [0.25, 0.3) is 10.9 Å². The molecule has 0 atom stereocenters. The summed E-state index contributed by atoms with van der Waals surface area (Å²) >= 11 is 6.49. The number of nitriles is 1. The number of carbonyl (C=O) groups excluding carboxylic acids is 1. The van der Waals surface area contributed by atoms with E-state index in [4.69, 9.17) is 21.6 Å². The van der Waals surface area contributed by atoms with E-state index in [9.17, 15) is 14.9 Å². The van der Waals surface area contributed by atoms with Gasteiger partial charge in [-0.2, -0.15) is 5.26 Å². The van der Waals surface area contributed by atoms with Gasteiger partial charge in [0.2, 0.25) is 5.71 Å². The van der Waals surface area contributed by atoms with Gasteiger partial charge in [0.05, 0.1) is 61.5 Å². The minimum absolute atomic E-state index is 0.0539. The van der Waals surface area contributed by atoms with Gasteiger partial charge < -0.3 is 24.7 Å². The van der Waals surface area contributed by atoms with Crippen LogP contribution < -0.4 is 10.1 Å². The molecule has 0 amide bonds. The van der Waals surface area contributed by atoms with Gasteiger partial charge in [0, 0.05) is 23.0 Å². The summed E-state index contributed by atoms with van der Waals surface area (Å²) in [6.45, 7) is 1.04. The highest BCUT2D eigenvalue weighted by atomic mass is 35.5. The average Bonchev–Trinajstić information content (AvgIpc) is 3.44. The van der Waals surface area contributed by atoms with Crippen LogP contribution in [0.5, 0.6) is 5.75 Å². The highest BCUT2D eigenvalue weighted by Crippen LogP contribution is 2.31. The standard InChI is InChI=1S/C32H29ClN9O4/c1-42(2,18-21-12-25(16-34)40-32(21)41(44)45)11-5-7-26(43)13-24-14-27-29(17-36-24)37-20-38-31(27)39-22-8-9-30(28(33)15-22)46-19-23-6-3-4-10-35-23/h3-10,14-15,17,20H,11-13,18-19H2,1-2H3,(H,37,38,39)/q+1/b7-5+. The number of nitrogens with zero attached hydrogens (tertiary/aromatic N) is 8. The summed E-state index contributed by atoms with van der Waals surface area (Å²) in [5.41, 5.74) is 3.23. The second-order valence-electron chi connectivity index (χ2n) is 11.1. The molecule has 5 rings (SSSR count). The van der Waals surface area contributed by atoms with Crippen LogP contribution in [0, 0.1) is 21.4 Å². The van der Waals surface area contributed by atoms with E-state index in [-0.39, 0.29) is 36.8 Å². The lowest BCUT2D eigenvalue weighted by molar-refractivity contribution is -0.880. The Morgan fingerprint density at radius 3 is 2.76 bits per heavy atom. The first kappa shape index (κ1) is 31.8. The second-order valence-corrected chi connectivity index (χ2v) is 11.6. The Morgan fingerprint density at radius 2 is 2.02 bits per heavy atom. The SMILES string of the molecule is C[N+](C)(C/C=C/C(=O)Cc1cc2c(Nc3ccc(OCc4ccccn4)c(Cl)c3)ncnc2cn1)CC1=C([N+](=O)[O-])N=C(C#N)C1. The Balaban J connectivity index is 1.21. The summed E-state index contributed by atoms with van der Waals surface area (Å²) in [5, 5.41) is 24.8. The third-order valence-corrected chi connectivity index (χ3v) is 7.29. The largest absolute Gasteiger partial charge is 0.486 e. The molecule has 232 valence electrons. The molecule has 0 unspecified atom stereocenters. The summed E-state index contributed by atoms with van der Waals surface area (Å²) in [4.78, 5) is 44.8. The Hall–Kier alpha value is -5.58. The number of aliphatic imine (C=N–C) groups is 1. The number of fused-ring (bicyclic) bond motifs is 1. The van der Waals surface area contributed by atoms with Crippen LogP contribution in [0.3, 0.4) is 0 Å². The number of nitro groups is 1. The van der Waals surface area contributed by atoms with Gasteiger partial charge in [0.25, 0.3) is 0 Å². The van der Waals surface area contributed by atoms with Crippen LogP contribution >= 0.6 is 11.6 Å². The number of anilines is 2. The predicted molar refractivity (Wildman–Crippen MR) is 172 cm³/mol. The van der Waals surface area contributed by atoms with Crippen LogP contribution in [0.1, 0.15) is 17.8 Å². The van der Waals surface area contributed by atoms with E-state index < -0.39 is 4.92 Å². The lowest BCUT2D eigenvalue weighted by Crippen LogP contribution is -2.41. The van der Waals surface area contributed by atoms with Crippen molar-refractivity contribution in [3.63, 3.8) is 0 Å². The summed E-state index contributed by atoms with van der Waals surface area (Å²) in [5.74, 6) is 0.610. The number of hydrogen-bond donors (Lipinski definition) is 1. The molecule has 0 bridgehead atoms. The molecule has 46 heavy (non-hydrogen) atoms. The summed E-state index contributed by atoms with van der Waals surface area (Å²) < 4.78 is 6.15. The first-order chi connectivity index (χ1) is 22.1. The summed E-state index contributed by atoms with van der Waals surface area (Å²) in [7, 11) is 3.78. The lowest BCUT2D eigenvalue weighted by atomic mass is 10.1. The molecular weight excluding hydrogens is 610 g/mol. The molecule has 4 aromatic rings. The average molecular weight is 639 g/mol. The van der Waals surface area contributed by atoms with Crippen molar-refractivity contribution in [2.45, 2.75) is 19.4 Å². The topological polar surface area (TPSA) is 169 Å². The molecule has 1 aromatic carbocycles.